The number of piperazine rings is 1. The van der Waals surface area contributed by atoms with E-state index >= 15 is 0 Å². The highest BCUT2D eigenvalue weighted by Gasteiger charge is 2.42. The summed E-state index contributed by atoms with van der Waals surface area (Å²) in [6, 6.07) is 9.70. The number of nitrogens with zero attached hydrogens (tertiary/aromatic N) is 4. The van der Waals surface area contributed by atoms with E-state index in [1.165, 1.54) is 4.31 Å². The van der Waals surface area contributed by atoms with Crippen LogP contribution in [0.2, 0.25) is 0 Å². The average molecular weight is 408 g/mol. The highest BCUT2D eigenvalue weighted by molar-refractivity contribution is 7.95. The van der Waals surface area contributed by atoms with E-state index in [9.17, 15) is 17.2 Å². The van der Waals surface area contributed by atoms with Crippen molar-refractivity contribution in [2.75, 3.05) is 54.9 Å². The number of hydrogen-bond donors (Lipinski definition) is 0. The fourth-order valence-electron chi connectivity index (χ4n) is 3.63. The molecule has 4 rings (SSSR count). The van der Waals surface area contributed by atoms with Crippen LogP contribution in [-0.4, -0.2) is 64.5 Å². The van der Waals surface area contributed by atoms with Crippen LogP contribution in [0.15, 0.2) is 42.5 Å². The van der Waals surface area contributed by atoms with E-state index in [0.29, 0.717) is 24.0 Å². The summed E-state index contributed by atoms with van der Waals surface area (Å²) in [6.07, 6.45) is 0. The summed E-state index contributed by atoms with van der Waals surface area (Å²) in [5.41, 5.74) is 0.683. The zero-order valence-electron chi connectivity index (χ0n) is 15.6. The number of likely N-dealkylation sites (N-methyl/N-ethyl adjacent to an activating group) is 1. The average Bonchev–Trinajstić information content (AvgIpc) is 2.88. The first-order valence-corrected chi connectivity index (χ1v) is 10.6. The lowest BCUT2D eigenvalue weighted by atomic mass is 10.2. The normalized spacial score (nSPS) is 19.8. The molecular weight excluding hydrogens is 386 g/mol. The van der Waals surface area contributed by atoms with Gasteiger partial charge in [-0.1, -0.05) is 12.1 Å². The van der Waals surface area contributed by atoms with E-state index in [1.54, 1.807) is 24.3 Å². The second-order valence-electron chi connectivity index (χ2n) is 7.07. The fourth-order valence-corrected chi connectivity index (χ4v) is 5.35. The summed E-state index contributed by atoms with van der Waals surface area (Å²) in [5, 5.41) is 0. The molecule has 0 bridgehead atoms. The zero-order valence-corrected chi connectivity index (χ0v) is 16.4. The molecule has 0 spiro atoms. The van der Waals surface area contributed by atoms with Crippen molar-refractivity contribution in [1.82, 2.24) is 9.80 Å². The zero-order chi connectivity index (χ0) is 19.9. The molecule has 2 aromatic carbocycles. The SMILES string of the molecule is CN1CCN(CCN2c3ccccc3N(c3ccc(F)cc3F)S2(=O)=O)CC1. The van der Waals surface area contributed by atoms with Crippen LogP contribution in [0.4, 0.5) is 25.8 Å². The molecule has 28 heavy (non-hydrogen) atoms. The molecule has 2 heterocycles. The van der Waals surface area contributed by atoms with Crippen LogP contribution in [0.25, 0.3) is 0 Å². The smallest absolute Gasteiger partial charge is 0.304 e. The van der Waals surface area contributed by atoms with Crippen molar-refractivity contribution in [2.24, 2.45) is 0 Å². The van der Waals surface area contributed by atoms with Crippen LogP contribution in [0, 0.1) is 11.6 Å². The minimum atomic E-state index is -4.02. The second kappa shape index (κ2) is 7.31. The van der Waals surface area contributed by atoms with Crippen molar-refractivity contribution in [3.8, 4) is 0 Å². The molecule has 6 nitrogen and oxygen atoms in total. The molecule has 0 N–H and O–H groups in total. The van der Waals surface area contributed by atoms with Gasteiger partial charge in [-0.2, -0.15) is 8.42 Å². The van der Waals surface area contributed by atoms with Crippen molar-refractivity contribution in [3.05, 3.63) is 54.1 Å². The Kier molecular flexibility index (Phi) is 4.98. The number of benzene rings is 2. The fraction of sp³-hybridized carbons (Fsp3) is 0.368. The lowest BCUT2D eigenvalue weighted by Crippen LogP contribution is -2.48. The maximum absolute atomic E-state index is 14.4. The second-order valence-corrected chi connectivity index (χ2v) is 8.78. The Bertz CT molecular complexity index is 978. The summed E-state index contributed by atoms with van der Waals surface area (Å²) < 4.78 is 56.6. The highest BCUT2D eigenvalue weighted by Crippen LogP contribution is 2.45. The molecule has 0 saturated carbocycles. The highest BCUT2D eigenvalue weighted by atomic mass is 32.2. The van der Waals surface area contributed by atoms with Crippen molar-refractivity contribution >= 4 is 27.3 Å². The molecule has 2 aliphatic heterocycles. The van der Waals surface area contributed by atoms with Crippen LogP contribution in [0.3, 0.4) is 0 Å². The monoisotopic (exact) mass is 408 g/mol. The third kappa shape index (κ3) is 3.34. The van der Waals surface area contributed by atoms with Crippen molar-refractivity contribution in [3.63, 3.8) is 0 Å². The molecule has 0 aromatic heterocycles. The molecule has 0 amide bonds. The molecule has 0 radical (unpaired) electrons. The van der Waals surface area contributed by atoms with E-state index in [2.05, 4.69) is 16.8 Å². The molecule has 2 aliphatic rings. The van der Waals surface area contributed by atoms with Crippen molar-refractivity contribution in [2.45, 2.75) is 0 Å². The Morgan fingerprint density at radius 1 is 0.893 bits per heavy atom. The number of halogens is 2. The molecule has 0 unspecified atom stereocenters. The van der Waals surface area contributed by atoms with Gasteiger partial charge in [-0.15, -0.1) is 0 Å². The predicted octanol–water partition coefficient (Wildman–Crippen LogP) is 2.42. The topological polar surface area (TPSA) is 47.1 Å². The van der Waals surface area contributed by atoms with E-state index in [4.69, 9.17) is 0 Å². The maximum Gasteiger partial charge on any atom is 0.331 e. The van der Waals surface area contributed by atoms with Crippen LogP contribution in [0.1, 0.15) is 0 Å². The lowest BCUT2D eigenvalue weighted by Gasteiger charge is -2.33. The Morgan fingerprint density at radius 3 is 2.25 bits per heavy atom. The molecule has 1 fully saturated rings. The Morgan fingerprint density at radius 2 is 1.57 bits per heavy atom. The Hall–Kier alpha value is -2.23. The first kappa shape index (κ1) is 19.1. The van der Waals surface area contributed by atoms with Gasteiger partial charge in [-0.05, 0) is 31.3 Å². The van der Waals surface area contributed by atoms with Gasteiger partial charge in [-0.25, -0.2) is 17.4 Å². The molecule has 2 aromatic rings. The summed E-state index contributed by atoms with van der Waals surface area (Å²) in [6.45, 7) is 4.49. The van der Waals surface area contributed by atoms with Gasteiger partial charge in [-0.3, -0.25) is 4.90 Å². The number of fused-ring (bicyclic) bond motifs is 1. The van der Waals surface area contributed by atoms with E-state index in [-0.39, 0.29) is 12.2 Å². The summed E-state index contributed by atoms with van der Waals surface area (Å²) in [4.78, 5) is 4.46. The lowest BCUT2D eigenvalue weighted by molar-refractivity contribution is 0.158. The third-order valence-corrected chi connectivity index (χ3v) is 7.01. The quantitative estimate of drug-likeness (QED) is 0.780. The Balaban J connectivity index is 1.65. The molecule has 1 saturated heterocycles. The molecule has 150 valence electrons. The number of anilines is 3. The van der Waals surface area contributed by atoms with E-state index in [1.807, 2.05) is 0 Å². The molecule has 0 atom stereocenters. The first-order chi connectivity index (χ1) is 13.4. The standard InChI is InChI=1S/C19H22F2N4O2S/c1-22-8-10-23(11-9-22)12-13-24-18-4-2-3-5-19(18)25(28(24,26)27)17-7-6-15(20)14-16(17)21/h2-7,14H,8-13H2,1H3. The maximum atomic E-state index is 14.4. The van der Waals surface area contributed by atoms with Gasteiger partial charge in [0.2, 0.25) is 0 Å². The van der Waals surface area contributed by atoms with Gasteiger partial charge in [0.05, 0.1) is 17.1 Å². The van der Waals surface area contributed by atoms with Gasteiger partial charge in [0.1, 0.15) is 5.82 Å². The van der Waals surface area contributed by atoms with Gasteiger partial charge >= 0.3 is 10.2 Å². The van der Waals surface area contributed by atoms with Crippen LogP contribution >= 0.6 is 0 Å². The predicted molar refractivity (Wildman–Crippen MR) is 105 cm³/mol. The minimum Gasteiger partial charge on any atom is -0.304 e. The number of rotatable bonds is 4. The van der Waals surface area contributed by atoms with Gasteiger partial charge < -0.3 is 4.90 Å². The number of hydrogen-bond acceptors (Lipinski definition) is 4. The van der Waals surface area contributed by atoms with Crippen LogP contribution < -0.4 is 8.61 Å². The summed E-state index contributed by atoms with van der Waals surface area (Å²) >= 11 is 0. The molecular formula is C19H22F2N4O2S. The van der Waals surface area contributed by atoms with E-state index in [0.717, 1.165) is 42.6 Å². The summed E-state index contributed by atoms with van der Waals surface area (Å²) in [7, 11) is -1.96. The van der Waals surface area contributed by atoms with Gasteiger partial charge in [0.25, 0.3) is 0 Å². The van der Waals surface area contributed by atoms with Crippen LogP contribution in [-0.2, 0) is 10.2 Å². The van der Waals surface area contributed by atoms with Crippen molar-refractivity contribution < 1.29 is 17.2 Å². The minimum absolute atomic E-state index is 0.184. The van der Waals surface area contributed by atoms with Gasteiger partial charge in [0.15, 0.2) is 5.82 Å². The first-order valence-electron chi connectivity index (χ1n) is 9.16. The number of para-hydroxylation sites is 2. The largest absolute Gasteiger partial charge is 0.331 e. The Labute approximate surface area is 163 Å². The third-order valence-electron chi connectivity index (χ3n) is 5.22. The van der Waals surface area contributed by atoms with E-state index < -0.39 is 21.8 Å². The molecule has 0 aliphatic carbocycles. The van der Waals surface area contributed by atoms with Gasteiger partial charge in [0, 0.05) is 45.3 Å². The molecule has 9 heteroatoms. The van der Waals surface area contributed by atoms with Crippen molar-refractivity contribution in [1.29, 1.82) is 0 Å². The summed E-state index contributed by atoms with van der Waals surface area (Å²) in [5.74, 6) is -1.67. The van der Waals surface area contributed by atoms with Crippen LogP contribution in [0.5, 0.6) is 0 Å².